The van der Waals surface area contributed by atoms with Crippen LogP contribution in [-0.2, 0) is 23.7 Å². The van der Waals surface area contributed by atoms with E-state index < -0.39 is 29.9 Å². The van der Waals surface area contributed by atoms with E-state index in [9.17, 15) is 4.79 Å². The fourth-order valence-electron chi connectivity index (χ4n) is 2.12. The molecule has 0 aliphatic carbocycles. The lowest BCUT2D eigenvalue weighted by atomic mass is 10.0. The van der Waals surface area contributed by atoms with Gasteiger partial charge in [0.05, 0.1) is 0 Å². The van der Waals surface area contributed by atoms with Crippen LogP contribution in [0.5, 0.6) is 0 Å². The van der Waals surface area contributed by atoms with Gasteiger partial charge in [0.15, 0.2) is 29.6 Å². The Morgan fingerprint density at radius 2 is 1.83 bits per heavy atom. The summed E-state index contributed by atoms with van der Waals surface area (Å²) in [6.07, 6.45) is 3.47. The molecule has 3 atom stereocenters. The van der Waals surface area contributed by atoms with Crippen molar-refractivity contribution in [1.29, 1.82) is 0 Å². The van der Waals surface area contributed by atoms with E-state index in [4.69, 9.17) is 25.4 Å². The predicted molar refractivity (Wildman–Crippen MR) is 62.6 cm³/mol. The van der Waals surface area contributed by atoms with Crippen molar-refractivity contribution in [3.63, 3.8) is 0 Å². The van der Waals surface area contributed by atoms with Crippen molar-refractivity contribution in [3.05, 3.63) is 0 Å². The zero-order chi connectivity index (χ0) is 13.6. The normalized spacial score (nSPS) is 38.4. The third-order valence-corrected chi connectivity index (χ3v) is 2.88. The molecule has 0 radical (unpaired) electrons. The maximum atomic E-state index is 11.9. The molecule has 2 heterocycles. The van der Waals surface area contributed by atoms with Crippen molar-refractivity contribution in [2.24, 2.45) is 0 Å². The lowest BCUT2D eigenvalue weighted by molar-refractivity contribution is -0.275. The Hall–Kier alpha value is -0.930. The van der Waals surface area contributed by atoms with Gasteiger partial charge in [-0.25, -0.2) is 0 Å². The first kappa shape index (κ1) is 13.5. The summed E-state index contributed by atoms with van der Waals surface area (Å²) >= 11 is 0. The first-order valence-corrected chi connectivity index (χ1v) is 5.90. The lowest BCUT2D eigenvalue weighted by Gasteiger charge is -2.37. The monoisotopic (exact) mass is 254 g/mol. The van der Waals surface area contributed by atoms with Gasteiger partial charge in [-0.1, -0.05) is 5.92 Å². The van der Waals surface area contributed by atoms with Crippen LogP contribution >= 0.6 is 0 Å². The van der Waals surface area contributed by atoms with Gasteiger partial charge in [0.2, 0.25) is 0 Å². The fraction of sp³-hybridized carbons (Fsp3) is 0.769. The molecule has 2 aliphatic rings. The van der Waals surface area contributed by atoms with Crippen LogP contribution in [-0.4, -0.2) is 42.3 Å². The summed E-state index contributed by atoms with van der Waals surface area (Å²) in [5.74, 6) is 0.678. The lowest BCUT2D eigenvalue weighted by Crippen LogP contribution is -2.53. The molecule has 0 spiro atoms. The first-order chi connectivity index (χ1) is 8.24. The Balaban J connectivity index is 2.19. The summed E-state index contributed by atoms with van der Waals surface area (Å²) in [5, 5.41) is 0. The summed E-state index contributed by atoms with van der Waals surface area (Å²) in [6, 6.07) is 0. The minimum atomic E-state index is -0.826. The van der Waals surface area contributed by atoms with Crippen LogP contribution < -0.4 is 0 Å². The molecule has 2 saturated heterocycles. The molecule has 0 aromatic carbocycles. The van der Waals surface area contributed by atoms with E-state index in [1.165, 1.54) is 0 Å². The minimum absolute atomic E-state index is 0.00472. The van der Waals surface area contributed by atoms with Gasteiger partial charge in [-0.15, -0.1) is 6.42 Å². The SMILES string of the molecule is C#C[C@@H]1OC(C)(C)O[C@H]1[C@@H]1OC(C)(C)OCC1=O. The molecule has 18 heavy (non-hydrogen) atoms. The molecule has 0 N–H and O–H groups in total. The maximum Gasteiger partial charge on any atom is 0.190 e. The summed E-state index contributed by atoms with van der Waals surface area (Å²) in [7, 11) is 0. The van der Waals surface area contributed by atoms with Crippen molar-refractivity contribution in [2.45, 2.75) is 57.6 Å². The number of hydrogen-bond acceptors (Lipinski definition) is 5. The van der Waals surface area contributed by atoms with Gasteiger partial charge in [0, 0.05) is 0 Å². The van der Waals surface area contributed by atoms with Crippen LogP contribution in [0.4, 0.5) is 0 Å². The number of carbonyl (C=O) groups excluding carboxylic acids is 1. The molecule has 5 nitrogen and oxygen atoms in total. The van der Waals surface area contributed by atoms with Gasteiger partial charge >= 0.3 is 0 Å². The summed E-state index contributed by atoms with van der Waals surface area (Å²) in [5.41, 5.74) is 0. The Kier molecular flexibility index (Phi) is 3.24. The zero-order valence-electron chi connectivity index (χ0n) is 11.1. The maximum absolute atomic E-state index is 11.9. The van der Waals surface area contributed by atoms with Gasteiger partial charge in [-0.2, -0.15) is 0 Å². The van der Waals surface area contributed by atoms with Crippen LogP contribution in [0.2, 0.25) is 0 Å². The van der Waals surface area contributed by atoms with Gasteiger partial charge < -0.3 is 18.9 Å². The summed E-state index contributed by atoms with van der Waals surface area (Å²) in [6.45, 7) is 7.00. The number of hydrogen-bond donors (Lipinski definition) is 0. The van der Waals surface area contributed by atoms with Crippen LogP contribution in [0.1, 0.15) is 27.7 Å². The highest BCUT2D eigenvalue weighted by Crippen LogP contribution is 2.34. The highest BCUT2D eigenvalue weighted by atomic mass is 16.8. The number of terminal acetylenes is 1. The first-order valence-electron chi connectivity index (χ1n) is 5.90. The van der Waals surface area contributed by atoms with E-state index >= 15 is 0 Å². The van der Waals surface area contributed by atoms with E-state index in [0.29, 0.717) is 0 Å². The molecule has 2 fully saturated rings. The Bertz CT molecular complexity index is 393. The molecule has 100 valence electrons. The van der Waals surface area contributed by atoms with Gasteiger partial charge in [0.1, 0.15) is 12.7 Å². The Morgan fingerprint density at radius 1 is 1.17 bits per heavy atom. The van der Waals surface area contributed by atoms with E-state index in [1.807, 2.05) is 0 Å². The Morgan fingerprint density at radius 3 is 2.44 bits per heavy atom. The van der Waals surface area contributed by atoms with Crippen molar-refractivity contribution < 1.29 is 23.7 Å². The quantitative estimate of drug-likeness (QED) is 0.650. The summed E-state index contributed by atoms with van der Waals surface area (Å²) < 4.78 is 22.1. The van der Waals surface area contributed by atoms with Crippen LogP contribution in [0.25, 0.3) is 0 Å². The molecule has 0 unspecified atom stereocenters. The molecule has 0 saturated carbocycles. The third-order valence-electron chi connectivity index (χ3n) is 2.88. The molecule has 5 heteroatoms. The van der Waals surface area contributed by atoms with Gasteiger partial charge in [0.25, 0.3) is 0 Å². The minimum Gasteiger partial charge on any atom is -0.343 e. The van der Waals surface area contributed by atoms with E-state index in [2.05, 4.69) is 5.92 Å². The molecule has 0 aromatic rings. The summed E-state index contributed by atoms with van der Waals surface area (Å²) in [4.78, 5) is 11.9. The topological polar surface area (TPSA) is 54.0 Å². The second-order valence-corrected chi connectivity index (χ2v) is 5.38. The van der Waals surface area contributed by atoms with Crippen molar-refractivity contribution >= 4 is 5.78 Å². The molecule has 2 aliphatic heterocycles. The average molecular weight is 254 g/mol. The van der Waals surface area contributed by atoms with E-state index in [1.54, 1.807) is 27.7 Å². The Labute approximate surface area is 107 Å². The molecule has 0 bridgehead atoms. The van der Waals surface area contributed by atoms with Gasteiger partial charge in [-0.05, 0) is 27.7 Å². The molecular weight excluding hydrogens is 236 g/mol. The molecule has 0 amide bonds. The smallest absolute Gasteiger partial charge is 0.190 e. The van der Waals surface area contributed by atoms with E-state index in [0.717, 1.165) is 0 Å². The molecule has 0 aromatic heterocycles. The standard InChI is InChI=1S/C13H18O5/c1-6-9-11(18-13(4,5)16-9)10-8(14)7-15-12(2,3)17-10/h1,9-11H,7H2,2-5H3/t9-,10+,11+/m0/s1. The fourth-order valence-corrected chi connectivity index (χ4v) is 2.12. The number of rotatable bonds is 1. The highest BCUT2D eigenvalue weighted by Gasteiger charge is 2.50. The van der Waals surface area contributed by atoms with Crippen LogP contribution in [0.3, 0.4) is 0 Å². The van der Waals surface area contributed by atoms with Crippen molar-refractivity contribution in [1.82, 2.24) is 0 Å². The number of carbonyl (C=O) groups is 1. The van der Waals surface area contributed by atoms with Crippen molar-refractivity contribution in [3.8, 4) is 12.3 Å². The molecular formula is C13H18O5. The second kappa shape index (κ2) is 4.32. The van der Waals surface area contributed by atoms with Crippen LogP contribution in [0.15, 0.2) is 0 Å². The largest absolute Gasteiger partial charge is 0.343 e. The van der Waals surface area contributed by atoms with Gasteiger partial charge in [-0.3, -0.25) is 4.79 Å². The predicted octanol–water partition coefficient (Wildman–Crippen LogP) is 0.860. The average Bonchev–Trinajstić information content (AvgIpc) is 2.57. The van der Waals surface area contributed by atoms with Crippen LogP contribution in [0, 0.1) is 12.3 Å². The molecule has 2 rings (SSSR count). The second-order valence-electron chi connectivity index (χ2n) is 5.38. The third kappa shape index (κ3) is 2.57. The van der Waals surface area contributed by atoms with Crippen molar-refractivity contribution in [2.75, 3.05) is 6.61 Å². The van der Waals surface area contributed by atoms with E-state index in [-0.39, 0.29) is 12.4 Å². The number of Topliss-reactive ketones (excluding diaryl/α,β-unsaturated/α-hetero) is 1. The highest BCUT2D eigenvalue weighted by molar-refractivity contribution is 5.85. The number of ether oxygens (including phenoxy) is 4. The number of ketones is 1. The zero-order valence-corrected chi connectivity index (χ0v) is 11.1.